The van der Waals surface area contributed by atoms with Crippen molar-refractivity contribution >= 4 is 11.9 Å². The van der Waals surface area contributed by atoms with E-state index in [9.17, 15) is 19.8 Å². The fourth-order valence-electron chi connectivity index (χ4n) is 3.25. The molecule has 3 rings (SSSR count). The van der Waals surface area contributed by atoms with E-state index < -0.39 is 12.1 Å². The molecule has 2 atom stereocenters. The lowest BCUT2D eigenvalue weighted by Crippen LogP contribution is -2.54. The molecule has 0 aromatic heterocycles. The number of piperazine rings is 1. The van der Waals surface area contributed by atoms with E-state index in [2.05, 4.69) is 0 Å². The maximum atomic E-state index is 12.6. The van der Waals surface area contributed by atoms with Crippen molar-refractivity contribution in [1.29, 1.82) is 0 Å². The second-order valence-corrected chi connectivity index (χ2v) is 5.52. The molecule has 7 heteroatoms. The van der Waals surface area contributed by atoms with Gasteiger partial charge in [0.05, 0.1) is 18.7 Å². The number of amides is 1. The van der Waals surface area contributed by atoms with Crippen LogP contribution in [-0.4, -0.2) is 64.2 Å². The van der Waals surface area contributed by atoms with Gasteiger partial charge in [-0.1, -0.05) is 0 Å². The van der Waals surface area contributed by atoms with Gasteiger partial charge in [0.2, 0.25) is 0 Å². The van der Waals surface area contributed by atoms with Gasteiger partial charge >= 0.3 is 5.97 Å². The fourth-order valence-corrected chi connectivity index (χ4v) is 3.25. The molecule has 2 N–H and O–H groups in total. The standard InChI is InChI=1S/C14H18N2O5/c1-21-12-10-13(18)15-5-3-2-4-8(6-15)16(10)7-9(11(12)17)14(19)20/h7-8,11,17H,2-6H2,1H3,(H,19,20)/t8-,11?/m0/s1. The molecule has 3 heterocycles. The number of aliphatic hydroxyl groups is 1. The van der Waals surface area contributed by atoms with Crippen LogP contribution in [-0.2, 0) is 14.3 Å². The highest BCUT2D eigenvalue weighted by molar-refractivity contribution is 5.97. The summed E-state index contributed by atoms with van der Waals surface area (Å²) in [7, 11) is 1.34. The third kappa shape index (κ3) is 2.08. The highest BCUT2D eigenvalue weighted by Gasteiger charge is 2.44. The molecule has 21 heavy (non-hydrogen) atoms. The van der Waals surface area contributed by atoms with E-state index in [1.54, 1.807) is 9.80 Å². The first-order valence-corrected chi connectivity index (χ1v) is 7.03. The zero-order chi connectivity index (χ0) is 15.1. The first kappa shape index (κ1) is 13.9. The van der Waals surface area contributed by atoms with Gasteiger partial charge in [0.15, 0.2) is 5.76 Å². The summed E-state index contributed by atoms with van der Waals surface area (Å²) in [5, 5.41) is 19.4. The lowest BCUT2D eigenvalue weighted by Gasteiger charge is -2.43. The lowest BCUT2D eigenvalue weighted by atomic mass is 9.97. The van der Waals surface area contributed by atoms with E-state index >= 15 is 0 Å². The van der Waals surface area contributed by atoms with Crippen molar-refractivity contribution in [2.45, 2.75) is 31.4 Å². The maximum Gasteiger partial charge on any atom is 0.336 e. The van der Waals surface area contributed by atoms with Crippen molar-refractivity contribution in [2.24, 2.45) is 0 Å². The average Bonchev–Trinajstić information content (AvgIpc) is 2.68. The number of carbonyl (C=O) groups excluding carboxylic acids is 1. The van der Waals surface area contributed by atoms with Gasteiger partial charge in [-0.05, 0) is 19.3 Å². The number of hydrogen-bond donors (Lipinski definition) is 2. The maximum absolute atomic E-state index is 12.6. The lowest BCUT2D eigenvalue weighted by molar-refractivity contribution is -0.136. The quantitative estimate of drug-likeness (QED) is 0.738. The molecule has 2 saturated heterocycles. The van der Waals surface area contributed by atoms with Crippen molar-refractivity contribution in [3.63, 3.8) is 0 Å². The normalized spacial score (nSPS) is 28.9. The van der Waals surface area contributed by atoms with Crippen LogP contribution in [0.15, 0.2) is 23.2 Å². The van der Waals surface area contributed by atoms with Crippen LogP contribution >= 0.6 is 0 Å². The van der Waals surface area contributed by atoms with Crippen molar-refractivity contribution in [3.8, 4) is 0 Å². The highest BCUT2D eigenvalue weighted by atomic mass is 16.5. The summed E-state index contributed by atoms with van der Waals surface area (Å²) in [4.78, 5) is 27.3. The van der Waals surface area contributed by atoms with E-state index in [4.69, 9.17) is 4.74 Å². The monoisotopic (exact) mass is 294 g/mol. The number of carboxylic acid groups (broad SMARTS) is 1. The van der Waals surface area contributed by atoms with Gasteiger partial charge in [-0.2, -0.15) is 0 Å². The van der Waals surface area contributed by atoms with Crippen LogP contribution in [0.4, 0.5) is 0 Å². The summed E-state index contributed by atoms with van der Waals surface area (Å²) < 4.78 is 5.17. The number of nitrogens with zero attached hydrogens (tertiary/aromatic N) is 2. The van der Waals surface area contributed by atoms with Crippen molar-refractivity contribution < 1.29 is 24.5 Å². The molecule has 0 saturated carbocycles. The van der Waals surface area contributed by atoms with Crippen molar-refractivity contribution in [3.05, 3.63) is 23.2 Å². The zero-order valence-corrected chi connectivity index (χ0v) is 11.8. The van der Waals surface area contributed by atoms with E-state index in [0.717, 1.165) is 19.3 Å². The average molecular weight is 294 g/mol. The molecule has 0 spiro atoms. The minimum Gasteiger partial charge on any atom is -0.496 e. The second kappa shape index (κ2) is 5.07. The number of fused-ring (bicyclic) bond motifs is 4. The minimum absolute atomic E-state index is 0.0245. The molecule has 2 fully saturated rings. The Bertz CT molecular complexity index is 554. The van der Waals surface area contributed by atoms with Gasteiger partial charge in [0.25, 0.3) is 5.91 Å². The molecule has 0 aromatic carbocycles. The van der Waals surface area contributed by atoms with Crippen LogP contribution in [0.1, 0.15) is 19.3 Å². The highest BCUT2D eigenvalue weighted by Crippen LogP contribution is 2.35. The number of carboxylic acids is 1. The van der Waals surface area contributed by atoms with Crippen LogP contribution in [0.2, 0.25) is 0 Å². The summed E-state index contributed by atoms with van der Waals surface area (Å²) in [6, 6.07) is 0.0344. The Morgan fingerprint density at radius 2 is 2.19 bits per heavy atom. The third-order valence-corrected chi connectivity index (χ3v) is 4.31. The van der Waals surface area contributed by atoms with Gasteiger partial charge in [-0.3, -0.25) is 4.79 Å². The number of methoxy groups -OCH3 is 1. The molecular formula is C14H18N2O5. The largest absolute Gasteiger partial charge is 0.496 e. The van der Waals surface area contributed by atoms with Crippen LogP contribution in [0.25, 0.3) is 0 Å². The first-order valence-electron chi connectivity index (χ1n) is 7.03. The van der Waals surface area contributed by atoms with E-state index in [1.807, 2.05) is 0 Å². The summed E-state index contributed by atoms with van der Waals surface area (Å²) in [5.41, 5.74) is 0.106. The third-order valence-electron chi connectivity index (χ3n) is 4.31. The molecule has 3 aliphatic rings. The number of carbonyl (C=O) groups is 2. The number of aliphatic hydroxyl groups excluding tert-OH is 1. The van der Waals surface area contributed by atoms with Gasteiger partial charge in [0, 0.05) is 19.3 Å². The number of aliphatic carboxylic acids is 1. The predicted octanol–water partition coefficient (Wildman–Crippen LogP) is -0.116. The van der Waals surface area contributed by atoms with Gasteiger partial charge in [-0.25, -0.2) is 4.79 Å². The Balaban J connectivity index is 2.11. The van der Waals surface area contributed by atoms with Crippen LogP contribution < -0.4 is 0 Å². The van der Waals surface area contributed by atoms with Gasteiger partial charge < -0.3 is 24.7 Å². The van der Waals surface area contributed by atoms with E-state index in [0.29, 0.717) is 13.1 Å². The Hall–Kier alpha value is -2.02. The Morgan fingerprint density at radius 3 is 2.86 bits per heavy atom. The Kier molecular flexibility index (Phi) is 3.36. The smallest absolute Gasteiger partial charge is 0.336 e. The van der Waals surface area contributed by atoms with Gasteiger partial charge in [0.1, 0.15) is 11.8 Å². The van der Waals surface area contributed by atoms with Crippen LogP contribution in [0, 0.1) is 0 Å². The Labute approximate surface area is 122 Å². The van der Waals surface area contributed by atoms with Crippen LogP contribution in [0.5, 0.6) is 0 Å². The van der Waals surface area contributed by atoms with E-state index in [1.165, 1.54) is 13.3 Å². The molecule has 0 radical (unpaired) electrons. The predicted molar refractivity (Wildman–Crippen MR) is 71.8 cm³/mol. The topological polar surface area (TPSA) is 90.3 Å². The molecule has 3 aliphatic heterocycles. The van der Waals surface area contributed by atoms with Crippen molar-refractivity contribution in [1.82, 2.24) is 9.80 Å². The van der Waals surface area contributed by atoms with Crippen molar-refractivity contribution in [2.75, 3.05) is 20.2 Å². The number of hydrogen-bond acceptors (Lipinski definition) is 5. The minimum atomic E-state index is -1.41. The molecule has 114 valence electrons. The number of ether oxygens (including phenoxy) is 1. The molecule has 1 unspecified atom stereocenters. The Morgan fingerprint density at radius 1 is 1.43 bits per heavy atom. The number of rotatable bonds is 2. The summed E-state index contributed by atoms with van der Waals surface area (Å²) in [6.07, 6.45) is 2.77. The SMILES string of the molecule is COC1=C2C(=O)N3CCCC[C@@H](C3)N2C=C(C(=O)O)C1O. The fraction of sp³-hybridized carbons (Fsp3) is 0.571. The molecule has 0 aliphatic carbocycles. The molecule has 7 nitrogen and oxygen atoms in total. The van der Waals surface area contributed by atoms with E-state index in [-0.39, 0.29) is 29.0 Å². The summed E-state index contributed by atoms with van der Waals surface area (Å²) >= 11 is 0. The second-order valence-electron chi connectivity index (χ2n) is 5.52. The van der Waals surface area contributed by atoms with Gasteiger partial charge in [-0.15, -0.1) is 0 Å². The molecular weight excluding hydrogens is 276 g/mol. The zero-order valence-electron chi connectivity index (χ0n) is 11.8. The first-order chi connectivity index (χ1) is 10.0. The van der Waals surface area contributed by atoms with Crippen LogP contribution in [0.3, 0.4) is 0 Å². The molecule has 0 aromatic rings. The molecule has 2 bridgehead atoms. The summed E-state index contributed by atoms with van der Waals surface area (Å²) in [5.74, 6) is -1.39. The molecule has 1 amide bonds. The summed E-state index contributed by atoms with van der Waals surface area (Å²) in [6.45, 7) is 1.27.